The third-order valence-electron chi connectivity index (χ3n) is 3.22. The van der Waals surface area contributed by atoms with Crippen LogP contribution in [-0.4, -0.2) is 34.5 Å². The van der Waals surface area contributed by atoms with Crippen molar-refractivity contribution in [2.24, 2.45) is 0 Å². The Hall–Kier alpha value is -2.64. The highest BCUT2D eigenvalue weighted by atomic mass is 16.6. The molecule has 1 fully saturated rings. The maximum atomic E-state index is 11.5. The minimum absolute atomic E-state index is 0.0380. The summed E-state index contributed by atoms with van der Waals surface area (Å²) >= 11 is 0. The first-order valence-corrected chi connectivity index (χ1v) is 5.92. The van der Waals surface area contributed by atoms with Crippen molar-refractivity contribution in [2.75, 3.05) is 12.4 Å². The summed E-state index contributed by atoms with van der Waals surface area (Å²) in [5.74, 6) is -1.46. The molecule has 0 radical (unpaired) electrons. The molecule has 8 heteroatoms. The van der Waals surface area contributed by atoms with Gasteiger partial charge >= 0.3 is 5.97 Å². The topological polar surface area (TPSA) is 122 Å². The van der Waals surface area contributed by atoms with Crippen LogP contribution in [-0.2, 0) is 4.79 Å². The Morgan fingerprint density at radius 3 is 2.50 bits per heavy atom. The number of nitrogens with zero attached hydrogens (tertiary/aromatic N) is 1. The van der Waals surface area contributed by atoms with Crippen molar-refractivity contribution in [3.05, 3.63) is 33.9 Å². The van der Waals surface area contributed by atoms with Gasteiger partial charge in [0.25, 0.3) is 11.6 Å². The first-order chi connectivity index (χ1) is 9.39. The molecule has 8 nitrogen and oxygen atoms in total. The van der Waals surface area contributed by atoms with Crippen LogP contribution < -0.4 is 10.6 Å². The molecule has 0 aromatic heterocycles. The predicted molar refractivity (Wildman–Crippen MR) is 69.7 cm³/mol. The lowest BCUT2D eigenvalue weighted by molar-refractivity contribution is -0.384. The molecule has 1 saturated carbocycles. The molecule has 20 heavy (non-hydrogen) atoms. The summed E-state index contributed by atoms with van der Waals surface area (Å²) < 4.78 is 0. The van der Waals surface area contributed by atoms with Crippen LogP contribution in [0.2, 0.25) is 0 Å². The van der Waals surface area contributed by atoms with E-state index in [-0.39, 0.29) is 16.9 Å². The van der Waals surface area contributed by atoms with Crippen LogP contribution in [0.25, 0.3) is 0 Å². The number of carbonyl (C=O) groups is 2. The Balaban J connectivity index is 2.40. The number of nitro groups is 1. The number of hydrogen-bond donors (Lipinski definition) is 3. The van der Waals surface area contributed by atoms with Gasteiger partial charge in [0.05, 0.1) is 4.92 Å². The molecule has 0 aliphatic heterocycles. The van der Waals surface area contributed by atoms with Crippen molar-refractivity contribution >= 4 is 23.3 Å². The molecule has 106 valence electrons. The first-order valence-electron chi connectivity index (χ1n) is 5.92. The number of rotatable bonds is 5. The number of anilines is 1. The monoisotopic (exact) mass is 279 g/mol. The van der Waals surface area contributed by atoms with Gasteiger partial charge in [-0.05, 0) is 25.0 Å². The first kappa shape index (κ1) is 13.8. The molecule has 3 N–H and O–H groups in total. The molecule has 2 rings (SSSR count). The zero-order valence-corrected chi connectivity index (χ0v) is 10.7. The maximum absolute atomic E-state index is 11.5. The number of carbonyl (C=O) groups excluding carboxylic acids is 1. The summed E-state index contributed by atoms with van der Waals surface area (Å²) in [6, 6.07) is 3.80. The molecule has 0 unspecified atom stereocenters. The molecule has 0 heterocycles. The number of carboxylic acid groups (broad SMARTS) is 1. The molecule has 0 bridgehead atoms. The van der Waals surface area contributed by atoms with Crippen LogP contribution in [0.4, 0.5) is 11.4 Å². The van der Waals surface area contributed by atoms with E-state index in [1.165, 1.54) is 25.2 Å². The van der Waals surface area contributed by atoms with Crippen molar-refractivity contribution in [1.82, 2.24) is 5.32 Å². The van der Waals surface area contributed by atoms with E-state index in [1.54, 1.807) is 0 Å². The van der Waals surface area contributed by atoms with E-state index < -0.39 is 22.3 Å². The highest BCUT2D eigenvalue weighted by Crippen LogP contribution is 2.41. The molecule has 0 spiro atoms. The number of nitrogens with one attached hydrogen (secondary N) is 2. The van der Waals surface area contributed by atoms with Crippen LogP contribution in [0, 0.1) is 10.1 Å². The number of carboxylic acids is 1. The van der Waals surface area contributed by atoms with E-state index in [1.807, 2.05) is 0 Å². The van der Waals surface area contributed by atoms with Gasteiger partial charge < -0.3 is 15.7 Å². The van der Waals surface area contributed by atoms with Crippen molar-refractivity contribution < 1.29 is 19.6 Å². The second-order valence-electron chi connectivity index (χ2n) is 4.58. The van der Waals surface area contributed by atoms with Gasteiger partial charge in [-0.15, -0.1) is 0 Å². The standard InChI is InChI=1S/C12H13N3O5/c1-13-10(16)7-2-3-9(15(19)20)8(6-7)14-12(4-5-12)11(17)18/h2-3,6,14H,4-5H2,1H3,(H,13,16)(H,17,18). The van der Waals surface area contributed by atoms with Crippen LogP contribution in [0.15, 0.2) is 18.2 Å². The fourth-order valence-corrected chi connectivity index (χ4v) is 1.86. The zero-order chi connectivity index (χ0) is 14.9. The molecule has 1 aromatic carbocycles. The van der Waals surface area contributed by atoms with E-state index in [2.05, 4.69) is 10.6 Å². The number of hydrogen-bond acceptors (Lipinski definition) is 5. The molecule has 0 atom stereocenters. The van der Waals surface area contributed by atoms with Crippen molar-refractivity contribution in [3.63, 3.8) is 0 Å². The fraction of sp³-hybridized carbons (Fsp3) is 0.333. The Bertz CT molecular complexity index is 595. The molecule has 1 aromatic rings. The molecule has 1 amide bonds. The molecule has 1 aliphatic carbocycles. The Morgan fingerprint density at radius 2 is 2.05 bits per heavy atom. The average Bonchev–Trinajstić information content (AvgIpc) is 3.18. The van der Waals surface area contributed by atoms with Gasteiger partial charge in [0.15, 0.2) is 0 Å². The van der Waals surface area contributed by atoms with Crippen LogP contribution >= 0.6 is 0 Å². The highest BCUT2D eigenvalue weighted by molar-refractivity contribution is 5.96. The zero-order valence-electron chi connectivity index (χ0n) is 10.7. The quantitative estimate of drug-likeness (QED) is 0.545. The summed E-state index contributed by atoms with van der Waals surface area (Å²) in [5.41, 5.74) is -1.16. The molecular weight excluding hydrogens is 266 g/mol. The van der Waals surface area contributed by atoms with Crippen molar-refractivity contribution in [1.29, 1.82) is 0 Å². The SMILES string of the molecule is CNC(=O)c1ccc([N+](=O)[O-])c(NC2(C(=O)O)CC2)c1. The van der Waals surface area contributed by atoms with Gasteiger partial charge in [0.1, 0.15) is 11.2 Å². The number of nitro benzene ring substituents is 1. The van der Waals surface area contributed by atoms with Crippen LogP contribution in [0.5, 0.6) is 0 Å². The lowest BCUT2D eigenvalue weighted by Crippen LogP contribution is -2.31. The van der Waals surface area contributed by atoms with E-state index in [9.17, 15) is 19.7 Å². The minimum Gasteiger partial charge on any atom is -0.480 e. The number of benzene rings is 1. The lowest BCUT2D eigenvalue weighted by atomic mass is 10.1. The third-order valence-corrected chi connectivity index (χ3v) is 3.22. The van der Waals surface area contributed by atoms with Gasteiger partial charge in [0, 0.05) is 18.7 Å². The van der Waals surface area contributed by atoms with Gasteiger partial charge in [0.2, 0.25) is 0 Å². The summed E-state index contributed by atoms with van der Waals surface area (Å²) in [4.78, 5) is 33.0. The third kappa shape index (κ3) is 2.40. The summed E-state index contributed by atoms with van der Waals surface area (Å²) in [5, 5.41) is 25.2. The summed E-state index contributed by atoms with van der Waals surface area (Å²) in [6.45, 7) is 0. The van der Waals surface area contributed by atoms with E-state index in [0.717, 1.165) is 0 Å². The van der Waals surface area contributed by atoms with E-state index in [4.69, 9.17) is 5.11 Å². The van der Waals surface area contributed by atoms with Crippen molar-refractivity contribution in [3.8, 4) is 0 Å². The fourth-order valence-electron chi connectivity index (χ4n) is 1.86. The smallest absolute Gasteiger partial charge is 0.329 e. The van der Waals surface area contributed by atoms with E-state index >= 15 is 0 Å². The normalized spacial score (nSPS) is 15.2. The van der Waals surface area contributed by atoms with Gasteiger partial charge in [-0.3, -0.25) is 14.9 Å². The van der Waals surface area contributed by atoms with Gasteiger partial charge in [-0.1, -0.05) is 0 Å². The molecule has 0 saturated heterocycles. The maximum Gasteiger partial charge on any atom is 0.329 e. The lowest BCUT2D eigenvalue weighted by Gasteiger charge is -2.14. The van der Waals surface area contributed by atoms with E-state index in [0.29, 0.717) is 12.8 Å². The molecular formula is C12H13N3O5. The van der Waals surface area contributed by atoms with Gasteiger partial charge in [-0.2, -0.15) is 0 Å². The summed E-state index contributed by atoms with van der Waals surface area (Å²) in [6.07, 6.45) is 0.785. The Morgan fingerprint density at radius 1 is 1.40 bits per heavy atom. The van der Waals surface area contributed by atoms with Crippen LogP contribution in [0.1, 0.15) is 23.2 Å². The van der Waals surface area contributed by atoms with Crippen LogP contribution in [0.3, 0.4) is 0 Å². The average molecular weight is 279 g/mol. The highest BCUT2D eigenvalue weighted by Gasteiger charge is 2.51. The van der Waals surface area contributed by atoms with Gasteiger partial charge in [-0.25, -0.2) is 4.79 Å². The second kappa shape index (κ2) is 4.80. The Labute approximate surface area is 113 Å². The number of aliphatic carboxylic acids is 1. The Kier molecular flexibility index (Phi) is 3.31. The predicted octanol–water partition coefficient (Wildman–Crippen LogP) is 0.983. The largest absolute Gasteiger partial charge is 0.480 e. The number of amides is 1. The molecule has 1 aliphatic rings. The minimum atomic E-state index is -1.16. The second-order valence-corrected chi connectivity index (χ2v) is 4.58. The van der Waals surface area contributed by atoms with Crippen molar-refractivity contribution in [2.45, 2.75) is 18.4 Å². The summed E-state index contributed by atoms with van der Waals surface area (Å²) in [7, 11) is 1.44.